The van der Waals surface area contributed by atoms with Gasteiger partial charge in [-0.15, -0.1) is 0 Å². The van der Waals surface area contributed by atoms with Gasteiger partial charge in [0.15, 0.2) is 12.5 Å². The summed E-state index contributed by atoms with van der Waals surface area (Å²) < 4.78 is 7.03. The number of benzene rings is 1. The summed E-state index contributed by atoms with van der Waals surface area (Å²) in [6, 6.07) is 6.75. The Bertz CT molecular complexity index is 608. The lowest BCUT2D eigenvalue weighted by Crippen LogP contribution is -2.24. The molecule has 112 valence electrons. The molecule has 0 spiro atoms. The lowest BCUT2D eigenvalue weighted by molar-refractivity contribution is 0.0946. The minimum Gasteiger partial charge on any atom is -0.468 e. The van der Waals surface area contributed by atoms with Crippen LogP contribution in [0.1, 0.15) is 23.8 Å². The molecule has 0 unspecified atom stereocenters. The third-order valence-corrected chi connectivity index (χ3v) is 3.26. The molecule has 1 amide bonds. The Morgan fingerprint density at radius 3 is 2.71 bits per heavy atom. The van der Waals surface area contributed by atoms with Gasteiger partial charge in [-0.2, -0.15) is 5.10 Å². The van der Waals surface area contributed by atoms with Crippen LogP contribution < -0.4 is 10.1 Å². The molecule has 0 aliphatic carbocycles. The zero-order valence-electron chi connectivity index (χ0n) is 11.5. The summed E-state index contributed by atoms with van der Waals surface area (Å²) in [6.45, 7) is 2.72. The van der Waals surface area contributed by atoms with Crippen molar-refractivity contribution in [2.45, 2.75) is 20.1 Å². The maximum Gasteiger partial charge on any atom is 0.271 e. The number of carbonyl (C=O) groups is 1. The lowest BCUT2D eigenvalue weighted by Gasteiger charge is -2.09. The topological polar surface area (TPSA) is 56.2 Å². The highest BCUT2D eigenvalue weighted by molar-refractivity contribution is 6.37. The van der Waals surface area contributed by atoms with Gasteiger partial charge in [-0.25, -0.2) is 4.68 Å². The van der Waals surface area contributed by atoms with Gasteiger partial charge in [0.2, 0.25) is 0 Å². The van der Waals surface area contributed by atoms with E-state index < -0.39 is 0 Å². The summed E-state index contributed by atoms with van der Waals surface area (Å²) in [7, 11) is 0. The Morgan fingerprint density at radius 2 is 2.05 bits per heavy atom. The molecule has 0 saturated carbocycles. The fourth-order valence-corrected chi connectivity index (χ4v) is 2.14. The quantitative estimate of drug-likeness (QED) is 0.884. The van der Waals surface area contributed by atoms with Crippen molar-refractivity contribution in [3.05, 3.63) is 46.2 Å². The van der Waals surface area contributed by atoms with Crippen molar-refractivity contribution >= 4 is 29.1 Å². The Morgan fingerprint density at radius 1 is 1.33 bits per heavy atom. The number of nitrogens with zero attached hydrogens (tertiary/aromatic N) is 2. The Balaban J connectivity index is 1.98. The molecule has 5 nitrogen and oxygen atoms in total. The van der Waals surface area contributed by atoms with Gasteiger partial charge in [-0.3, -0.25) is 4.79 Å². The van der Waals surface area contributed by atoms with Gasteiger partial charge in [-0.05, 0) is 24.6 Å². The van der Waals surface area contributed by atoms with Crippen molar-refractivity contribution in [1.82, 2.24) is 15.1 Å². The molecule has 0 aliphatic heterocycles. The molecule has 0 aliphatic rings. The number of carbonyl (C=O) groups excluding carboxylic acids is 1. The van der Waals surface area contributed by atoms with E-state index in [9.17, 15) is 4.79 Å². The highest BCUT2D eigenvalue weighted by Gasteiger charge is 2.10. The number of ether oxygens (including phenoxy) is 1. The first-order valence-electron chi connectivity index (χ1n) is 6.50. The predicted molar refractivity (Wildman–Crippen MR) is 81.9 cm³/mol. The molecule has 7 heteroatoms. The molecule has 1 aromatic carbocycles. The highest BCUT2D eigenvalue weighted by atomic mass is 35.5. The van der Waals surface area contributed by atoms with Crippen molar-refractivity contribution < 1.29 is 9.53 Å². The Kier molecular flexibility index (Phi) is 5.47. The molecule has 2 rings (SSSR count). The minimum absolute atomic E-state index is 0.116. The number of hydrogen-bond donors (Lipinski definition) is 1. The van der Waals surface area contributed by atoms with Gasteiger partial charge in [0, 0.05) is 12.7 Å². The van der Waals surface area contributed by atoms with Crippen molar-refractivity contribution in [3.63, 3.8) is 0 Å². The summed E-state index contributed by atoms with van der Waals surface area (Å²) in [6.07, 6.45) is 2.53. The van der Waals surface area contributed by atoms with Gasteiger partial charge >= 0.3 is 0 Å². The summed E-state index contributed by atoms with van der Waals surface area (Å²) in [5.74, 6) is 0.194. The van der Waals surface area contributed by atoms with Gasteiger partial charge in [0.25, 0.3) is 5.91 Å². The maximum atomic E-state index is 11.7. The van der Waals surface area contributed by atoms with Crippen LogP contribution in [0.5, 0.6) is 5.75 Å². The summed E-state index contributed by atoms with van der Waals surface area (Å²) in [4.78, 5) is 11.7. The molecular formula is C14H15Cl2N3O2. The second-order valence-electron chi connectivity index (χ2n) is 4.32. The third-order valence-electron chi connectivity index (χ3n) is 2.67. The van der Waals surface area contributed by atoms with Crippen LogP contribution in [0, 0.1) is 0 Å². The molecule has 1 heterocycles. The molecule has 2 aromatic rings. The van der Waals surface area contributed by atoms with Crippen LogP contribution >= 0.6 is 23.2 Å². The molecular weight excluding hydrogens is 313 g/mol. The van der Waals surface area contributed by atoms with Crippen LogP contribution in [0.3, 0.4) is 0 Å². The van der Waals surface area contributed by atoms with Crippen molar-refractivity contribution in [2.24, 2.45) is 0 Å². The smallest absolute Gasteiger partial charge is 0.271 e. The van der Waals surface area contributed by atoms with E-state index in [1.165, 1.54) is 4.68 Å². The molecule has 1 N–H and O–H groups in total. The van der Waals surface area contributed by atoms with Gasteiger partial charge < -0.3 is 10.1 Å². The zero-order valence-corrected chi connectivity index (χ0v) is 13.0. The van der Waals surface area contributed by atoms with E-state index in [1.807, 2.05) is 6.92 Å². The van der Waals surface area contributed by atoms with Crippen molar-refractivity contribution in [1.29, 1.82) is 0 Å². The van der Waals surface area contributed by atoms with Crippen LogP contribution in [-0.2, 0) is 6.73 Å². The molecule has 1 aromatic heterocycles. The molecule has 21 heavy (non-hydrogen) atoms. The van der Waals surface area contributed by atoms with Gasteiger partial charge in [0.1, 0.15) is 5.69 Å². The van der Waals surface area contributed by atoms with E-state index in [4.69, 9.17) is 27.9 Å². The molecule has 0 saturated heterocycles. The summed E-state index contributed by atoms with van der Waals surface area (Å²) >= 11 is 12.0. The number of nitrogens with one attached hydrogen (secondary N) is 1. The average Bonchev–Trinajstić information content (AvgIpc) is 2.93. The van der Waals surface area contributed by atoms with Gasteiger partial charge in [-0.1, -0.05) is 36.2 Å². The highest BCUT2D eigenvalue weighted by Crippen LogP contribution is 2.32. The van der Waals surface area contributed by atoms with E-state index in [1.54, 1.807) is 30.5 Å². The third kappa shape index (κ3) is 4.12. The van der Waals surface area contributed by atoms with Crippen LogP contribution in [0.4, 0.5) is 0 Å². The van der Waals surface area contributed by atoms with Crippen LogP contribution in [-0.4, -0.2) is 22.2 Å². The predicted octanol–water partition coefficient (Wildman–Crippen LogP) is 3.37. The number of rotatable bonds is 6. The summed E-state index contributed by atoms with van der Waals surface area (Å²) in [5, 5.41) is 7.74. The van der Waals surface area contributed by atoms with E-state index >= 15 is 0 Å². The number of amides is 1. The lowest BCUT2D eigenvalue weighted by atomic mass is 10.3. The maximum absolute atomic E-state index is 11.7. The van der Waals surface area contributed by atoms with E-state index in [0.717, 1.165) is 6.42 Å². The monoisotopic (exact) mass is 327 g/mol. The first kappa shape index (κ1) is 15.7. The second-order valence-corrected chi connectivity index (χ2v) is 5.13. The fraction of sp³-hybridized carbons (Fsp3) is 0.286. The zero-order chi connectivity index (χ0) is 15.2. The number of halogens is 2. The molecule has 0 atom stereocenters. The second kappa shape index (κ2) is 7.33. The number of para-hydroxylation sites is 1. The largest absolute Gasteiger partial charge is 0.468 e. The first-order valence-corrected chi connectivity index (χ1v) is 7.26. The van der Waals surface area contributed by atoms with Crippen LogP contribution in [0.2, 0.25) is 10.0 Å². The normalized spacial score (nSPS) is 10.4. The Hall–Kier alpha value is -1.72. The SMILES string of the molecule is CCCNC(=O)c1ccn(COc2c(Cl)cccc2Cl)n1. The molecule has 0 radical (unpaired) electrons. The molecule has 0 fully saturated rings. The fourth-order valence-electron chi connectivity index (χ4n) is 1.63. The van der Waals surface area contributed by atoms with E-state index in [0.29, 0.717) is 28.0 Å². The average molecular weight is 328 g/mol. The van der Waals surface area contributed by atoms with Crippen LogP contribution in [0.25, 0.3) is 0 Å². The Labute approximate surface area is 132 Å². The van der Waals surface area contributed by atoms with Crippen molar-refractivity contribution in [2.75, 3.05) is 6.54 Å². The molecule has 0 bridgehead atoms. The van der Waals surface area contributed by atoms with Crippen LogP contribution in [0.15, 0.2) is 30.5 Å². The minimum atomic E-state index is -0.202. The summed E-state index contributed by atoms with van der Waals surface area (Å²) in [5.41, 5.74) is 0.345. The number of aromatic nitrogens is 2. The first-order chi connectivity index (χ1) is 10.1. The van der Waals surface area contributed by atoms with Crippen molar-refractivity contribution in [3.8, 4) is 5.75 Å². The van der Waals surface area contributed by atoms with Gasteiger partial charge in [0.05, 0.1) is 10.0 Å². The number of hydrogen-bond acceptors (Lipinski definition) is 3. The van der Waals surface area contributed by atoms with E-state index in [2.05, 4.69) is 10.4 Å². The van der Waals surface area contributed by atoms with E-state index in [-0.39, 0.29) is 12.6 Å². The standard InChI is InChI=1S/C14H15Cl2N3O2/c1-2-7-17-14(20)12-6-8-19(18-12)9-21-13-10(15)4-3-5-11(13)16/h3-6,8H,2,7,9H2,1H3,(H,17,20).